The maximum Gasteiger partial charge on any atom is 0.211 e. The molecule has 136 valence electrons. The van der Waals surface area contributed by atoms with E-state index < -0.39 is 0 Å². The minimum Gasteiger partial charge on any atom is -0.493 e. The summed E-state index contributed by atoms with van der Waals surface area (Å²) in [5, 5.41) is 2.65. The van der Waals surface area contributed by atoms with Crippen molar-refractivity contribution in [2.75, 3.05) is 26.6 Å². The fourth-order valence-corrected chi connectivity index (χ4v) is 2.37. The van der Waals surface area contributed by atoms with E-state index >= 15 is 0 Å². The number of benzene rings is 2. The molecule has 0 aliphatic heterocycles. The van der Waals surface area contributed by atoms with Crippen LogP contribution in [0.25, 0.3) is 5.76 Å². The van der Waals surface area contributed by atoms with Crippen LogP contribution in [0, 0.1) is 6.92 Å². The van der Waals surface area contributed by atoms with E-state index in [0.29, 0.717) is 29.4 Å². The predicted molar refractivity (Wildman–Crippen MR) is 103 cm³/mol. The molecule has 0 saturated heterocycles. The van der Waals surface area contributed by atoms with Gasteiger partial charge in [0, 0.05) is 24.5 Å². The molecule has 0 bridgehead atoms. The van der Waals surface area contributed by atoms with Crippen LogP contribution < -0.4 is 19.5 Å². The Morgan fingerprint density at radius 3 is 2.46 bits per heavy atom. The summed E-state index contributed by atoms with van der Waals surface area (Å²) in [5.74, 6) is 2.49. The van der Waals surface area contributed by atoms with Gasteiger partial charge in [0.1, 0.15) is 11.5 Å². The van der Waals surface area contributed by atoms with Gasteiger partial charge in [-0.3, -0.25) is 9.79 Å². The van der Waals surface area contributed by atoms with Gasteiger partial charge in [-0.25, -0.2) is 0 Å². The molecule has 26 heavy (non-hydrogen) atoms. The molecular formula is C20H22N2O4. The summed E-state index contributed by atoms with van der Waals surface area (Å²) in [6.07, 6.45) is 4.07. The fourth-order valence-electron chi connectivity index (χ4n) is 2.37. The second-order valence-corrected chi connectivity index (χ2v) is 5.35. The summed E-state index contributed by atoms with van der Waals surface area (Å²) >= 11 is 0. The van der Waals surface area contributed by atoms with Gasteiger partial charge in [-0.05, 0) is 55.0 Å². The lowest BCUT2D eigenvalue weighted by Crippen LogP contribution is -2.00. The van der Waals surface area contributed by atoms with Crippen molar-refractivity contribution in [1.29, 1.82) is 0 Å². The van der Waals surface area contributed by atoms with Gasteiger partial charge in [0.15, 0.2) is 11.5 Å². The molecule has 0 atom stereocenters. The molecule has 0 aromatic heterocycles. The molecule has 2 aromatic rings. The molecule has 6 heteroatoms. The number of carbonyl (C=O) groups is 1. The third-order valence-electron chi connectivity index (χ3n) is 3.68. The van der Waals surface area contributed by atoms with Gasteiger partial charge in [0.2, 0.25) is 6.41 Å². The largest absolute Gasteiger partial charge is 0.493 e. The third kappa shape index (κ3) is 4.63. The summed E-state index contributed by atoms with van der Waals surface area (Å²) in [6.45, 7) is 1.89. The lowest BCUT2D eigenvalue weighted by molar-refractivity contribution is -0.105. The summed E-state index contributed by atoms with van der Waals surface area (Å²) in [7, 11) is 4.86. The van der Waals surface area contributed by atoms with Crippen molar-refractivity contribution in [3.8, 4) is 17.2 Å². The first-order valence-electron chi connectivity index (χ1n) is 7.96. The number of hydrogen-bond donors (Lipinski definition) is 1. The Hall–Kier alpha value is -3.28. The number of aryl methyl sites for hydroxylation is 1. The van der Waals surface area contributed by atoms with Gasteiger partial charge < -0.3 is 19.5 Å². The summed E-state index contributed by atoms with van der Waals surface area (Å²) < 4.78 is 16.7. The molecule has 0 unspecified atom stereocenters. The van der Waals surface area contributed by atoms with Crippen LogP contribution in [0.15, 0.2) is 47.5 Å². The van der Waals surface area contributed by atoms with Crippen LogP contribution in [0.3, 0.4) is 0 Å². The van der Waals surface area contributed by atoms with Gasteiger partial charge >= 0.3 is 0 Å². The second-order valence-electron chi connectivity index (χ2n) is 5.35. The number of aliphatic imine (C=N–C) groups is 1. The van der Waals surface area contributed by atoms with Gasteiger partial charge in [0.05, 0.1) is 14.2 Å². The van der Waals surface area contributed by atoms with E-state index in [1.807, 2.05) is 31.2 Å². The minimum absolute atomic E-state index is 0.604. The van der Waals surface area contributed by atoms with Crippen molar-refractivity contribution in [3.63, 3.8) is 0 Å². The van der Waals surface area contributed by atoms with Gasteiger partial charge in [-0.15, -0.1) is 0 Å². The lowest BCUT2D eigenvalue weighted by Gasteiger charge is -2.14. The molecule has 1 N–H and O–H groups in total. The second kappa shape index (κ2) is 9.27. The summed E-state index contributed by atoms with van der Waals surface area (Å²) in [4.78, 5) is 14.6. The van der Waals surface area contributed by atoms with Crippen LogP contribution in [0.5, 0.6) is 17.2 Å². The Morgan fingerprint density at radius 1 is 1.08 bits per heavy atom. The standard InChI is InChI=1S/C20H22N2O4/c1-14-11-16(6-7-17(14)22-13-23)26-18(9-10-21-2)15-5-8-19(24-3)20(12-15)25-4/h5-13H,1-4H3,(H,22,23)/b18-9+,21-10?. The van der Waals surface area contributed by atoms with E-state index in [4.69, 9.17) is 14.2 Å². The molecule has 6 nitrogen and oxygen atoms in total. The zero-order valence-corrected chi connectivity index (χ0v) is 15.3. The quantitative estimate of drug-likeness (QED) is 0.446. The van der Waals surface area contributed by atoms with Crippen molar-refractivity contribution < 1.29 is 19.0 Å². The highest BCUT2D eigenvalue weighted by atomic mass is 16.5. The smallest absolute Gasteiger partial charge is 0.211 e. The zero-order valence-electron chi connectivity index (χ0n) is 15.3. The Balaban J connectivity index is 2.37. The maximum atomic E-state index is 10.6. The van der Waals surface area contributed by atoms with E-state index in [9.17, 15) is 4.79 Å². The first kappa shape index (κ1) is 19.1. The molecule has 2 aromatic carbocycles. The van der Waals surface area contributed by atoms with E-state index in [1.165, 1.54) is 0 Å². The zero-order chi connectivity index (χ0) is 18.9. The van der Waals surface area contributed by atoms with Crippen LogP contribution in [0.4, 0.5) is 5.69 Å². The van der Waals surface area contributed by atoms with Crippen molar-refractivity contribution in [2.45, 2.75) is 6.92 Å². The van der Waals surface area contributed by atoms with Crippen LogP contribution in [-0.2, 0) is 4.79 Å². The topological polar surface area (TPSA) is 69.2 Å². The summed E-state index contributed by atoms with van der Waals surface area (Å²) in [6, 6.07) is 11.0. The number of amides is 1. The van der Waals surface area contributed by atoms with Gasteiger partial charge in [-0.2, -0.15) is 0 Å². The molecule has 1 amide bonds. The van der Waals surface area contributed by atoms with Crippen LogP contribution in [0.1, 0.15) is 11.1 Å². The van der Waals surface area contributed by atoms with Crippen molar-refractivity contribution in [1.82, 2.24) is 0 Å². The number of allylic oxidation sites excluding steroid dienone is 1. The Bertz CT molecular complexity index is 829. The van der Waals surface area contributed by atoms with Crippen molar-refractivity contribution in [2.24, 2.45) is 4.99 Å². The Kier molecular flexibility index (Phi) is 6.79. The number of ether oxygens (including phenoxy) is 3. The highest BCUT2D eigenvalue weighted by Gasteiger charge is 2.10. The Labute approximate surface area is 153 Å². The molecular weight excluding hydrogens is 332 g/mol. The predicted octanol–water partition coefficient (Wildman–Crippen LogP) is 3.70. The molecule has 0 heterocycles. The average molecular weight is 354 g/mol. The number of carbonyl (C=O) groups excluding carboxylic acids is 1. The van der Waals surface area contributed by atoms with Crippen molar-refractivity contribution >= 4 is 24.1 Å². The molecule has 0 saturated carbocycles. The van der Waals surface area contributed by atoms with Crippen LogP contribution in [-0.4, -0.2) is 33.9 Å². The molecule has 0 radical (unpaired) electrons. The molecule has 2 rings (SSSR count). The maximum absolute atomic E-state index is 10.6. The first-order chi connectivity index (χ1) is 12.6. The van der Waals surface area contributed by atoms with E-state index in [0.717, 1.165) is 16.8 Å². The number of rotatable bonds is 8. The number of nitrogens with one attached hydrogen (secondary N) is 1. The normalized spacial score (nSPS) is 11.3. The van der Waals surface area contributed by atoms with Crippen LogP contribution >= 0.6 is 0 Å². The SMILES string of the molecule is CN=C/C=C(/Oc1ccc(NC=O)c(C)c1)c1ccc(OC)c(OC)c1. The summed E-state index contributed by atoms with van der Waals surface area (Å²) in [5.41, 5.74) is 2.44. The molecule has 0 fully saturated rings. The number of nitrogens with zero attached hydrogens (tertiary/aromatic N) is 1. The third-order valence-corrected chi connectivity index (χ3v) is 3.68. The highest BCUT2D eigenvalue weighted by Crippen LogP contribution is 2.32. The first-order valence-corrected chi connectivity index (χ1v) is 7.96. The number of methoxy groups -OCH3 is 2. The van der Waals surface area contributed by atoms with Gasteiger partial charge in [0.25, 0.3) is 0 Å². The Morgan fingerprint density at radius 2 is 1.85 bits per heavy atom. The fraction of sp³-hybridized carbons (Fsp3) is 0.200. The van der Waals surface area contributed by atoms with E-state index in [2.05, 4.69) is 10.3 Å². The minimum atomic E-state index is 0.604. The lowest BCUT2D eigenvalue weighted by atomic mass is 10.1. The van der Waals surface area contributed by atoms with E-state index in [-0.39, 0.29) is 0 Å². The number of hydrogen-bond acceptors (Lipinski definition) is 5. The van der Waals surface area contributed by atoms with Gasteiger partial charge in [-0.1, -0.05) is 0 Å². The average Bonchev–Trinajstić information content (AvgIpc) is 2.66. The highest BCUT2D eigenvalue weighted by molar-refractivity contribution is 5.83. The molecule has 0 spiro atoms. The van der Waals surface area contributed by atoms with E-state index in [1.54, 1.807) is 45.7 Å². The monoisotopic (exact) mass is 354 g/mol. The molecule has 0 aliphatic carbocycles. The molecule has 0 aliphatic rings. The van der Waals surface area contributed by atoms with Crippen LogP contribution in [0.2, 0.25) is 0 Å². The van der Waals surface area contributed by atoms with Crippen molar-refractivity contribution in [3.05, 3.63) is 53.6 Å². The number of anilines is 1.